The summed E-state index contributed by atoms with van der Waals surface area (Å²) in [7, 11) is 0. The molecular weight excluding hydrogens is 264 g/mol. The summed E-state index contributed by atoms with van der Waals surface area (Å²) in [5.74, 6) is 0. The van der Waals surface area contributed by atoms with E-state index in [1.807, 2.05) is 0 Å². The highest BCUT2D eigenvalue weighted by Gasteiger charge is 2.25. The third-order valence-electron chi connectivity index (χ3n) is 4.53. The highest BCUT2D eigenvalue weighted by atomic mass is 14.3. The molecule has 0 aliphatic rings. The van der Waals surface area contributed by atoms with Gasteiger partial charge in [-0.1, -0.05) is 88.4 Å². The summed E-state index contributed by atoms with van der Waals surface area (Å²) in [6.45, 7) is 9.61. The first kappa shape index (κ1) is 16.8. The van der Waals surface area contributed by atoms with Gasteiger partial charge in [0.05, 0.1) is 0 Å². The number of benzene rings is 2. The molecule has 0 amide bonds. The van der Waals surface area contributed by atoms with Crippen LogP contribution in [0.15, 0.2) is 60.7 Å². The Balaban J connectivity index is 1.89. The molecule has 0 radical (unpaired) electrons. The number of rotatable bonds is 7. The van der Waals surface area contributed by atoms with Crippen LogP contribution >= 0.6 is 0 Å². The van der Waals surface area contributed by atoms with Crippen molar-refractivity contribution in [2.75, 3.05) is 0 Å². The van der Waals surface area contributed by atoms with Crippen molar-refractivity contribution in [1.29, 1.82) is 0 Å². The van der Waals surface area contributed by atoms with Crippen molar-refractivity contribution in [3.63, 3.8) is 0 Å². The SMILES string of the molecule is CC(C)(CCC(C)(C)Cc1ccccc1)Cc1ccccc1. The molecule has 2 aromatic rings. The van der Waals surface area contributed by atoms with Crippen molar-refractivity contribution in [1.82, 2.24) is 0 Å². The van der Waals surface area contributed by atoms with Crippen LogP contribution in [0.5, 0.6) is 0 Å². The zero-order chi connectivity index (χ0) is 16.1. The molecule has 0 heterocycles. The van der Waals surface area contributed by atoms with Crippen LogP contribution in [0, 0.1) is 10.8 Å². The maximum Gasteiger partial charge on any atom is -0.0227 e. The molecule has 2 rings (SSSR count). The Morgan fingerprint density at radius 3 is 1.18 bits per heavy atom. The fourth-order valence-electron chi connectivity index (χ4n) is 3.15. The topological polar surface area (TPSA) is 0 Å². The minimum absolute atomic E-state index is 0.356. The van der Waals surface area contributed by atoms with Gasteiger partial charge in [-0.15, -0.1) is 0 Å². The van der Waals surface area contributed by atoms with E-state index in [0.717, 1.165) is 12.8 Å². The first-order chi connectivity index (χ1) is 10.4. The molecule has 0 atom stereocenters. The van der Waals surface area contributed by atoms with E-state index in [1.165, 1.54) is 24.0 Å². The van der Waals surface area contributed by atoms with E-state index in [4.69, 9.17) is 0 Å². The fourth-order valence-corrected chi connectivity index (χ4v) is 3.15. The number of hydrogen-bond donors (Lipinski definition) is 0. The molecule has 0 N–H and O–H groups in total. The van der Waals surface area contributed by atoms with Crippen molar-refractivity contribution in [2.45, 2.75) is 53.4 Å². The van der Waals surface area contributed by atoms with Gasteiger partial charge in [-0.05, 0) is 47.6 Å². The van der Waals surface area contributed by atoms with Gasteiger partial charge in [0.1, 0.15) is 0 Å². The Kier molecular flexibility index (Phi) is 5.45. The van der Waals surface area contributed by atoms with E-state index in [2.05, 4.69) is 88.4 Å². The first-order valence-electron chi connectivity index (χ1n) is 8.44. The quantitative estimate of drug-likeness (QED) is 0.561. The summed E-state index contributed by atoms with van der Waals surface area (Å²) >= 11 is 0. The second-order valence-corrected chi connectivity index (χ2v) is 8.15. The lowest BCUT2D eigenvalue weighted by Crippen LogP contribution is -2.22. The van der Waals surface area contributed by atoms with Gasteiger partial charge in [0.2, 0.25) is 0 Å². The predicted molar refractivity (Wildman–Crippen MR) is 97.1 cm³/mol. The first-order valence-corrected chi connectivity index (χ1v) is 8.44. The van der Waals surface area contributed by atoms with E-state index in [-0.39, 0.29) is 0 Å². The molecule has 0 unspecified atom stereocenters. The molecule has 0 bridgehead atoms. The molecule has 0 aliphatic heterocycles. The summed E-state index contributed by atoms with van der Waals surface area (Å²) in [5.41, 5.74) is 3.62. The molecule has 0 saturated carbocycles. The van der Waals surface area contributed by atoms with Crippen molar-refractivity contribution >= 4 is 0 Å². The van der Waals surface area contributed by atoms with Crippen molar-refractivity contribution in [2.24, 2.45) is 10.8 Å². The lowest BCUT2D eigenvalue weighted by atomic mass is 9.74. The van der Waals surface area contributed by atoms with Gasteiger partial charge < -0.3 is 0 Å². The molecule has 0 aliphatic carbocycles. The maximum atomic E-state index is 2.40. The minimum atomic E-state index is 0.356. The van der Waals surface area contributed by atoms with E-state index in [9.17, 15) is 0 Å². The Labute approximate surface area is 136 Å². The van der Waals surface area contributed by atoms with E-state index < -0.39 is 0 Å². The lowest BCUT2D eigenvalue weighted by molar-refractivity contribution is 0.236. The zero-order valence-electron chi connectivity index (χ0n) is 14.6. The van der Waals surface area contributed by atoms with Gasteiger partial charge in [-0.2, -0.15) is 0 Å². The Morgan fingerprint density at radius 2 is 0.864 bits per heavy atom. The minimum Gasteiger partial charge on any atom is -0.0622 e. The Bertz CT molecular complexity index is 496. The highest BCUT2D eigenvalue weighted by Crippen LogP contribution is 2.35. The summed E-state index contributed by atoms with van der Waals surface area (Å²) in [6.07, 6.45) is 4.86. The average Bonchev–Trinajstić information content (AvgIpc) is 2.47. The molecule has 0 aromatic heterocycles. The van der Waals surface area contributed by atoms with Gasteiger partial charge >= 0.3 is 0 Å². The zero-order valence-corrected chi connectivity index (χ0v) is 14.6. The number of hydrogen-bond acceptors (Lipinski definition) is 0. The highest BCUT2D eigenvalue weighted by molar-refractivity contribution is 5.17. The summed E-state index contributed by atoms with van der Waals surface area (Å²) in [5, 5.41) is 0. The van der Waals surface area contributed by atoms with Gasteiger partial charge in [0, 0.05) is 0 Å². The largest absolute Gasteiger partial charge is 0.0622 e. The maximum absolute atomic E-state index is 2.40. The van der Waals surface area contributed by atoms with Crippen LogP contribution in [0.1, 0.15) is 51.7 Å². The fraction of sp³-hybridized carbons (Fsp3) is 0.455. The van der Waals surface area contributed by atoms with Crippen molar-refractivity contribution in [3.8, 4) is 0 Å². The molecule has 0 nitrogen and oxygen atoms in total. The van der Waals surface area contributed by atoms with Gasteiger partial charge in [-0.3, -0.25) is 0 Å². The van der Waals surface area contributed by atoms with Gasteiger partial charge in [0.15, 0.2) is 0 Å². The molecule has 0 saturated heterocycles. The predicted octanol–water partition coefficient (Wildman–Crippen LogP) is 6.30. The van der Waals surface area contributed by atoms with Crippen LogP contribution in [0.2, 0.25) is 0 Å². The second-order valence-electron chi connectivity index (χ2n) is 8.15. The average molecular weight is 294 g/mol. The molecule has 0 spiro atoms. The van der Waals surface area contributed by atoms with Gasteiger partial charge in [-0.25, -0.2) is 0 Å². The third kappa shape index (κ3) is 5.67. The Morgan fingerprint density at radius 1 is 0.545 bits per heavy atom. The molecule has 0 heteroatoms. The van der Waals surface area contributed by atoms with Crippen LogP contribution in [-0.4, -0.2) is 0 Å². The molecule has 118 valence electrons. The smallest absolute Gasteiger partial charge is 0.0227 e. The van der Waals surface area contributed by atoms with E-state index >= 15 is 0 Å². The standard InChI is InChI=1S/C22H30/c1-21(2,17-19-11-7-5-8-12-19)15-16-22(3,4)18-20-13-9-6-10-14-20/h5-14H,15-18H2,1-4H3. The van der Waals surface area contributed by atoms with Crippen molar-refractivity contribution in [3.05, 3.63) is 71.8 Å². The summed E-state index contributed by atoms with van der Waals surface area (Å²) in [4.78, 5) is 0. The second kappa shape index (κ2) is 7.13. The molecular formula is C22H30. The van der Waals surface area contributed by atoms with Crippen LogP contribution in [0.25, 0.3) is 0 Å². The summed E-state index contributed by atoms with van der Waals surface area (Å²) in [6, 6.07) is 21.8. The lowest BCUT2D eigenvalue weighted by Gasteiger charge is -2.31. The molecule has 2 aromatic carbocycles. The molecule has 22 heavy (non-hydrogen) atoms. The monoisotopic (exact) mass is 294 g/mol. The van der Waals surface area contributed by atoms with E-state index in [1.54, 1.807) is 0 Å². The summed E-state index contributed by atoms with van der Waals surface area (Å²) < 4.78 is 0. The van der Waals surface area contributed by atoms with Crippen LogP contribution in [-0.2, 0) is 12.8 Å². The Hall–Kier alpha value is -1.56. The van der Waals surface area contributed by atoms with Crippen molar-refractivity contribution < 1.29 is 0 Å². The van der Waals surface area contributed by atoms with Crippen LogP contribution in [0.4, 0.5) is 0 Å². The van der Waals surface area contributed by atoms with Crippen LogP contribution < -0.4 is 0 Å². The van der Waals surface area contributed by atoms with Gasteiger partial charge in [0.25, 0.3) is 0 Å². The van der Waals surface area contributed by atoms with E-state index in [0.29, 0.717) is 10.8 Å². The molecule has 0 fully saturated rings. The normalized spacial score (nSPS) is 12.4. The third-order valence-corrected chi connectivity index (χ3v) is 4.53. The van der Waals surface area contributed by atoms with Crippen LogP contribution in [0.3, 0.4) is 0 Å².